The van der Waals surface area contributed by atoms with Crippen LogP contribution in [-0.2, 0) is 22.6 Å². The number of rotatable bonds is 8. The van der Waals surface area contributed by atoms with E-state index >= 15 is 0 Å². The number of aryl methyl sites for hydroxylation is 1. The van der Waals surface area contributed by atoms with Crippen LogP contribution >= 0.6 is 11.6 Å². The van der Waals surface area contributed by atoms with Gasteiger partial charge in [-0.05, 0) is 54.2 Å². The zero-order valence-electron chi connectivity index (χ0n) is 19.1. The highest BCUT2D eigenvalue weighted by atomic mass is 35.5. The molecule has 1 aliphatic carbocycles. The Morgan fingerprint density at radius 2 is 1.64 bits per heavy atom. The van der Waals surface area contributed by atoms with Crippen LogP contribution in [0.15, 0.2) is 66.7 Å². The Kier molecular flexibility index (Phi) is 7.66. The van der Waals surface area contributed by atoms with E-state index in [1.807, 2.05) is 49.4 Å². The van der Waals surface area contributed by atoms with Gasteiger partial charge in [-0.2, -0.15) is 0 Å². The maximum absolute atomic E-state index is 13.5. The molecule has 0 spiro atoms. The van der Waals surface area contributed by atoms with Gasteiger partial charge in [0.25, 0.3) is 0 Å². The first kappa shape index (κ1) is 23.3. The standard InChI is InChI=1S/C28H31ClN2O2/c1-20(28(33)30-24-13-4-5-14-24)31(19-23-10-3-7-16-26(23)29)27(32)18-17-22-12-8-11-21-9-2-6-15-25(21)22/h2-3,6-12,15-16,20,24H,4-5,13-14,17-19H2,1H3,(H,30,33). The molecular weight excluding hydrogens is 432 g/mol. The maximum atomic E-state index is 13.5. The third-order valence-corrected chi connectivity index (χ3v) is 7.02. The predicted octanol–water partition coefficient (Wildman–Crippen LogP) is 5.90. The van der Waals surface area contributed by atoms with E-state index in [0.29, 0.717) is 24.4 Å². The number of halogens is 1. The van der Waals surface area contributed by atoms with E-state index < -0.39 is 6.04 Å². The average Bonchev–Trinajstić information content (AvgIpc) is 3.34. The second kappa shape index (κ2) is 10.8. The van der Waals surface area contributed by atoms with E-state index in [1.165, 1.54) is 5.39 Å². The van der Waals surface area contributed by atoms with Crippen LogP contribution in [-0.4, -0.2) is 28.8 Å². The summed E-state index contributed by atoms with van der Waals surface area (Å²) in [5.41, 5.74) is 1.99. The molecule has 33 heavy (non-hydrogen) atoms. The highest BCUT2D eigenvalue weighted by molar-refractivity contribution is 6.31. The van der Waals surface area contributed by atoms with Gasteiger partial charge in [-0.25, -0.2) is 0 Å². The molecule has 0 aromatic heterocycles. The van der Waals surface area contributed by atoms with Gasteiger partial charge in [0, 0.05) is 24.0 Å². The largest absolute Gasteiger partial charge is 0.352 e. The van der Waals surface area contributed by atoms with Crippen molar-refractivity contribution in [3.8, 4) is 0 Å². The van der Waals surface area contributed by atoms with Gasteiger partial charge in [0.15, 0.2) is 0 Å². The SMILES string of the molecule is CC(C(=O)NC1CCCC1)N(Cc1ccccc1Cl)C(=O)CCc1cccc2ccccc12. The number of carbonyl (C=O) groups excluding carboxylic acids is 2. The van der Waals surface area contributed by atoms with Gasteiger partial charge < -0.3 is 10.2 Å². The fourth-order valence-electron chi connectivity index (χ4n) is 4.68. The van der Waals surface area contributed by atoms with Crippen LogP contribution in [0.5, 0.6) is 0 Å². The second-order valence-corrected chi connectivity index (χ2v) is 9.32. The van der Waals surface area contributed by atoms with E-state index in [0.717, 1.165) is 42.2 Å². The Hall–Kier alpha value is -2.85. The fourth-order valence-corrected chi connectivity index (χ4v) is 4.88. The summed E-state index contributed by atoms with van der Waals surface area (Å²) < 4.78 is 0. The van der Waals surface area contributed by atoms with Crippen LogP contribution in [0.1, 0.15) is 50.2 Å². The van der Waals surface area contributed by atoms with Crippen molar-refractivity contribution in [3.05, 3.63) is 82.9 Å². The first-order chi connectivity index (χ1) is 16.0. The molecule has 1 aliphatic rings. The molecule has 5 heteroatoms. The monoisotopic (exact) mass is 462 g/mol. The van der Waals surface area contributed by atoms with Crippen LogP contribution in [0.2, 0.25) is 5.02 Å². The van der Waals surface area contributed by atoms with Crippen LogP contribution in [0.3, 0.4) is 0 Å². The molecule has 1 fully saturated rings. The number of hydrogen-bond acceptors (Lipinski definition) is 2. The molecule has 0 bridgehead atoms. The second-order valence-electron chi connectivity index (χ2n) is 8.92. The summed E-state index contributed by atoms with van der Waals surface area (Å²) in [7, 11) is 0. The molecule has 0 saturated heterocycles. The summed E-state index contributed by atoms with van der Waals surface area (Å²) in [6.07, 6.45) is 5.27. The average molecular weight is 463 g/mol. The summed E-state index contributed by atoms with van der Waals surface area (Å²) in [5, 5.41) is 6.08. The third-order valence-electron chi connectivity index (χ3n) is 6.66. The van der Waals surface area contributed by atoms with Crippen molar-refractivity contribution in [2.45, 2.75) is 64.1 Å². The lowest BCUT2D eigenvalue weighted by Gasteiger charge is -2.30. The highest BCUT2D eigenvalue weighted by Crippen LogP contribution is 2.23. The third kappa shape index (κ3) is 5.75. The molecule has 4 nitrogen and oxygen atoms in total. The summed E-state index contributed by atoms with van der Waals surface area (Å²) in [6.45, 7) is 2.13. The number of hydrogen-bond donors (Lipinski definition) is 1. The first-order valence-electron chi connectivity index (χ1n) is 11.8. The summed E-state index contributed by atoms with van der Waals surface area (Å²) >= 11 is 6.39. The molecule has 2 amide bonds. The van der Waals surface area contributed by atoms with E-state index in [2.05, 4.69) is 29.6 Å². The quantitative estimate of drug-likeness (QED) is 0.453. The van der Waals surface area contributed by atoms with Crippen molar-refractivity contribution >= 4 is 34.2 Å². The van der Waals surface area contributed by atoms with E-state index in [1.54, 1.807) is 4.90 Å². The highest BCUT2D eigenvalue weighted by Gasteiger charge is 2.28. The van der Waals surface area contributed by atoms with Crippen molar-refractivity contribution in [2.75, 3.05) is 0 Å². The fraction of sp³-hybridized carbons (Fsp3) is 0.357. The molecule has 0 radical (unpaired) electrons. The molecule has 1 atom stereocenters. The van der Waals surface area contributed by atoms with Crippen LogP contribution in [0.25, 0.3) is 10.8 Å². The summed E-state index contributed by atoms with van der Waals surface area (Å²) in [6, 6.07) is 21.6. The number of nitrogens with one attached hydrogen (secondary N) is 1. The Balaban J connectivity index is 1.51. The van der Waals surface area contributed by atoms with E-state index in [-0.39, 0.29) is 17.9 Å². The maximum Gasteiger partial charge on any atom is 0.242 e. The van der Waals surface area contributed by atoms with Crippen LogP contribution in [0.4, 0.5) is 0 Å². The molecule has 3 aromatic rings. The van der Waals surface area contributed by atoms with Crippen molar-refractivity contribution in [1.29, 1.82) is 0 Å². The van der Waals surface area contributed by atoms with Crippen LogP contribution in [0, 0.1) is 0 Å². The number of benzene rings is 3. The van der Waals surface area contributed by atoms with Crippen molar-refractivity contribution in [2.24, 2.45) is 0 Å². The molecule has 4 rings (SSSR count). The number of fused-ring (bicyclic) bond motifs is 1. The lowest BCUT2D eigenvalue weighted by molar-refractivity contribution is -0.140. The summed E-state index contributed by atoms with van der Waals surface area (Å²) in [5.74, 6) is -0.135. The molecule has 3 aromatic carbocycles. The Morgan fingerprint density at radius 1 is 0.970 bits per heavy atom. The smallest absolute Gasteiger partial charge is 0.242 e. The van der Waals surface area contributed by atoms with Crippen LogP contribution < -0.4 is 5.32 Å². The number of carbonyl (C=O) groups is 2. The zero-order valence-corrected chi connectivity index (χ0v) is 19.9. The molecular formula is C28H31ClN2O2. The summed E-state index contributed by atoms with van der Waals surface area (Å²) in [4.78, 5) is 28.2. The molecule has 1 N–H and O–H groups in total. The first-order valence-corrected chi connectivity index (χ1v) is 12.2. The van der Waals surface area contributed by atoms with E-state index in [9.17, 15) is 9.59 Å². The minimum absolute atomic E-state index is 0.0445. The number of nitrogens with zero attached hydrogens (tertiary/aromatic N) is 1. The van der Waals surface area contributed by atoms with Gasteiger partial charge in [0.2, 0.25) is 11.8 Å². The molecule has 1 saturated carbocycles. The number of amides is 2. The normalized spacial score (nSPS) is 14.8. The van der Waals surface area contributed by atoms with Gasteiger partial charge in [0.05, 0.1) is 0 Å². The van der Waals surface area contributed by atoms with Crippen molar-refractivity contribution in [3.63, 3.8) is 0 Å². The molecule has 0 aliphatic heterocycles. The lowest BCUT2D eigenvalue weighted by atomic mass is 10.0. The predicted molar refractivity (Wildman–Crippen MR) is 134 cm³/mol. The minimum atomic E-state index is -0.568. The van der Waals surface area contributed by atoms with E-state index in [4.69, 9.17) is 11.6 Å². The van der Waals surface area contributed by atoms with Gasteiger partial charge in [0.1, 0.15) is 6.04 Å². The van der Waals surface area contributed by atoms with Gasteiger partial charge in [-0.15, -0.1) is 0 Å². The Labute approximate surface area is 200 Å². The van der Waals surface area contributed by atoms with Crippen molar-refractivity contribution in [1.82, 2.24) is 10.2 Å². The Bertz CT molecular complexity index is 1120. The van der Waals surface area contributed by atoms with Gasteiger partial charge in [-0.1, -0.05) is 85.1 Å². The Morgan fingerprint density at radius 3 is 2.42 bits per heavy atom. The molecule has 0 heterocycles. The molecule has 172 valence electrons. The zero-order chi connectivity index (χ0) is 23.2. The lowest BCUT2D eigenvalue weighted by Crippen LogP contribution is -2.49. The minimum Gasteiger partial charge on any atom is -0.352 e. The van der Waals surface area contributed by atoms with Crippen molar-refractivity contribution < 1.29 is 9.59 Å². The molecule has 1 unspecified atom stereocenters. The topological polar surface area (TPSA) is 49.4 Å². The van der Waals surface area contributed by atoms with Gasteiger partial charge >= 0.3 is 0 Å². The van der Waals surface area contributed by atoms with Gasteiger partial charge in [-0.3, -0.25) is 9.59 Å².